The number of carbonyl (C=O) groups is 2. The molecule has 0 aromatic heterocycles. The number of nitro groups is 1. The molecule has 1 saturated heterocycles. The summed E-state index contributed by atoms with van der Waals surface area (Å²) in [5, 5.41) is 20.6. The number of carboxylic acid groups (broad SMARTS) is 1. The zero-order chi connectivity index (χ0) is 18.1. The molecular weight excluding hydrogens is 314 g/mol. The zero-order valence-electron chi connectivity index (χ0n) is 13.9. The average Bonchev–Trinajstić information content (AvgIpc) is 2.79. The van der Waals surface area contributed by atoms with Gasteiger partial charge in [-0.2, -0.15) is 0 Å². The molecule has 0 unspecified atom stereocenters. The highest BCUT2D eigenvalue weighted by molar-refractivity contribution is 5.84. The van der Waals surface area contributed by atoms with Crippen molar-refractivity contribution in [1.82, 2.24) is 9.80 Å². The van der Waals surface area contributed by atoms with Crippen molar-refractivity contribution in [1.29, 1.82) is 0 Å². The van der Waals surface area contributed by atoms with E-state index >= 15 is 0 Å². The number of hydrogen-bond acceptors (Lipinski definition) is 4. The van der Waals surface area contributed by atoms with Crippen LogP contribution in [0.3, 0.4) is 0 Å². The third kappa shape index (κ3) is 3.47. The highest BCUT2D eigenvalue weighted by atomic mass is 16.6. The molecule has 8 nitrogen and oxygen atoms in total. The molecule has 1 heterocycles. The van der Waals surface area contributed by atoms with Crippen molar-refractivity contribution in [3.63, 3.8) is 0 Å². The van der Waals surface area contributed by atoms with E-state index in [9.17, 15) is 24.8 Å². The summed E-state index contributed by atoms with van der Waals surface area (Å²) in [6, 6.07) is 4.89. The predicted octanol–water partition coefficient (Wildman–Crippen LogP) is 2.33. The largest absolute Gasteiger partial charge is 0.480 e. The molecule has 0 bridgehead atoms. The highest BCUT2D eigenvalue weighted by Crippen LogP contribution is 2.29. The van der Waals surface area contributed by atoms with E-state index in [1.165, 1.54) is 15.9 Å². The third-order valence-corrected chi connectivity index (χ3v) is 4.04. The van der Waals surface area contributed by atoms with E-state index < -0.39 is 28.4 Å². The van der Waals surface area contributed by atoms with E-state index in [1.807, 2.05) is 0 Å². The molecule has 1 aromatic carbocycles. The molecule has 2 rings (SSSR count). The van der Waals surface area contributed by atoms with Crippen LogP contribution in [0.1, 0.15) is 26.3 Å². The molecule has 0 radical (unpaired) electrons. The molecule has 1 fully saturated rings. The lowest BCUT2D eigenvalue weighted by Gasteiger charge is -2.34. The summed E-state index contributed by atoms with van der Waals surface area (Å²) in [5.41, 5.74) is -0.231. The first-order chi connectivity index (χ1) is 11.1. The topological polar surface area (TPSA) is 104 Å². The molecule has 1 aliphatic rings. The van der Waals surface area contributed by atoms with Crippen LogP contribution in [-0.4, -0.2) is 51.0 Å². The van der Waals surface area contributed by atoms with E-state index in [0.717, 1.165) is 0 Å². The van der Waals surface area contributed by atoms with Gasteiger partial charge in [-0.25, -0.2) is 9.59 Å². The van der Waals surface area contributed by atoms with Crippen molar-refractivity contribution in [2.45, 2.75) is 33.4 Å². The molecule has 1 aromatic rings. The summed E-state index contributed by atoms with van der Waals surface area (Å²) in [5.74, 6) is -1.05. The van der Waals surface area contributed by atoms with Crippen molar-refractivity contribution in [3.05, 3.63) is 39.9 Å². The van der Waals surface area contributed by atoms with Gasteiger partial charge in [0.15, 0.2) is 0 Å². The first-order valence-electron chi connectivity index (χ1n) is 7.63. The summed E-state index contributed by atoms with van der Waals surface area (Å²) in [6.07, 6.45) is 0. The summed E-state index contributed by atoms with van der Waals surface area (Å²) in [4.78, 5) is 37.6. The molecule has 8 heteroatoms. The van der Waals surface area contributed by atoms with Gasteiger partial charge in [-0.1, -0.05) is 39.0 Å². The van der Waals surface area contributed by atoms with Crippen LogP contribution in [0.4, 0.5) is 10.5 Å². The third-order valence-electron chi connectivity index (χ3n) is 4.04. The number of urea groups is 1. The van der Waals surface area contributed by atoms with Gasteiger partial charge < -0.3 is 14.9 Å². The Morgan fingerprint density at radius 1 is 1.33 bits per heavy atom. The normalized spacial score (nSPS) is 16.4. The first kappa shape index (κ1) is 17.7. The van der Waals surface area contributed by atoms with Crippen LogP contribution in [0.5, 0.6) is 0 Å². The quantitative estimate of drug-likeness (QED) is 0.657. The number of carbonyl (C=O) groups excluding carboxylic acids is 1. The van der Waals surface area contributed by atoms with Gasteiger partial charge in [-0.05, 0) is 5.41 Å². The molecule has 1 N–H and O–H groups in total. The number of nitrogens with zero attached hydrogens (tertiary/aromatic N) is 3. The van der Waals surface area contributed by atoms with E-state index in [4.69, 9.17) is 0 Å². The van der Waals surface area contributed by atoms with Crippen LogP contribution < -0.4 is 0 Å². The van der Waals surface area contributed by atoms with Crippen LogP contribution in [-0.2, 0) is 11.3 Å². The molecule has 0 saturated carbocycles. The van der Waals surface area contributed by atoms with E-state index in [1.54, 1.807) is 39.0 Å². The monoisotopic (exact) mass is 335 g/mol. The Kier molecular flexibility index (Phi) is 4.77. The lowest BCUT2D eigenvalue weighted by molar-refractivity contribution is -0.385. The number of amides is 2. The SMILES string of the molecule is CC(C)(C)[C@@H](C(=O)O)N1CCN(Cc2ccccc2[N+](=O)[O-])C1=O. The summed E-state index contributed by atoms with van der Waals surface area (Å²) < 4.78 is 0. The van der Waals surface area contributed by atoms with Gasteiger partial charge in [0.05, 0.1) is 11.5 Å². The van der Waals surface area contributed by atoms with Crippen molar-refractivity contribution < 1.29 is 19.6 Å². The standard InChI is InChI=1S/C16H21N3O5/c1-16(2,3)13(14(20)21)18-9-8-17(15(18)22)10-11-6-4-5-7-12(11)19(23)24/h4-7,13H,8-10H2,1-3H3,(H,20,21)/t13-/m1/s1. The Bertz CT molecular complexity index is 668. The number of aliphatic carboxylic acids is 1. The highest BCUT2D eigenvalue weighted by Gasteiger charge is 2.43. The zero-order valence-corrected chi connectivity index (χ0v) is 13.9. The Labute approximate surface area is 139 Å². The Hall–Kier alpha value is -2.64. The van der Waals surface area contributed by atoms with E-state index in [0.29, 0.717) is 12.1 Å². The Morgan fingerprint density at radius 2 is 1.96 bits per heavy atom. The van der Waals surface area contributed by atoms with Crippen LogP contribution >= 0.6 is 0 Å². The first-order valence-corrected chi connectivity index (χ1v) is 7.63. The molecule has 1 aliphatic heterocycles. The lowest BCUT2D eigenvalue weighted by atomic mass is 9.86. The Balaban J connectivity index is 2.21. The number of carboxylic acids is 1. The molecule has 1 atom stereocenters. The maximum atomic E-state index is 12.6. The van der Waals surface area contributed by atoms with Crippen LogP contribution in [0.25, 0.3) is 0 Å². The fourth-order valence-corrected chi connectivity index (χ4v) is 2.99. The average molecular weight is 335 g/mol. The van der Waals surface area contributed by atoms with Crippen LogP contribution in [0.15, 0.2) is 24.3 Å². The van der Waals surface area contributed by atoms with Crippen molar-refractivity contribution in [2.24, 2.45) is 5.41 Å². The minimum Gasteiger partial charge on any atom is -0.480 e. The number of benzene rings is 1. The minimum atomic E-state index is -1.05. The summed E-state index contributed by atoms with van der Waals surface area (Å²) in [7, 11) is 0. The summed E-state index contributed by atoms with van der Waals surface area (Å²) >= 11 is 0. The van der Waals surface area contributed by atoms with Crippen LogP contribution in [0.2, 0.25) is 0 Å². The van der Waals surface area contributed by atoms with Gasteiger partial charge in [0.25, 0.3) is 5.69 Å². The van der Waals surface area contributed by atoms with Gasteiger partial charge in [0.2, 0.25) is 0 Å². The van der Waals surface area contributed by atoms with Gasteiger partial charge in [0.1, 0.15) is 6.04 Å². The van der Waals surface area contributed by atoms with E-state index in [-0.39, 0.29) is 18.8 Å². The lowest BCUT2D eigenvalue weighted by Crippen LogP contribution is -2.50. The van der Waals surface area contributed by atoms with Crippen molar-refractivity contribution in [3.8, 4) is 0 Å². The number of rotatable bonds is 5. The molecule has 24 heavy (non-hydrogen) atoms. The van der Waals surface area contributed by atoms with Crippen molar-refractivity contribution in [2.75, 3.05) is 13.1 Å². The smallest absolute Gasteiger partial charge is 0.327 e. The van der Waals surface area contributed by atoms with Gasteiger partial charge >= 0.3 is 12.0 Å². The molecule has 0 spiro atoms. The van der Waals surface area contributed by atoms with Crippen molar-refractivity contribution >= 4 is 17.7 Å². The predicted molar refractivity (Wildman–Crippen MR) is 86.5 cm³/mol. The Morgan fingerprint density at radius 3 is 2.50 bits per heavy atom. The molecular formula is C16H21N3O5. The summed E-state index contributed by atoms with van der Waals surface area (Å²) in [6.45, 7) is 6.01. The van der Waals surface area contributed by atoms with Crippen LogP contribution in [0, 0.1) is 15.5 Å². The van der Waals surface area contributed by atoms with Gasteiger partial charge in [-0.3, -0.25) is 10.1 Å². The molecule has 2 amide bonds. The minimum absolute atomic E-state index is 0.0469. The van der Waals surface area contributed by atoms with Gasteiger partial charge in [-0.15, -0.1) is 0 Å². The molecule has 130 valence electrons. The fraction of sp³-hybridized carbons (Fsp3) is 0.500. The second-order valence-electron chi connectivity index (χ2n) is 6.89. The fourth-order valence-electron chi connectivity index (χ4n) is 2.99. The molecule has 0 aliphatic carbocycles. The maximum absolute atomic E-state index is 12.6. The number of hydrogen-bond donors (Lipinski definition) is 1. The second-order valence-corrected chi connectivity index (χ2v) is 6.89. The number of nitro benzene ring substituents is 1. The maximum Gasteiger partial charge on any atom is 0.327 e. The number of para-hydroxylation sites is 1. The second kappa shape index (κ2) is 6.46. The van der Waals surface area contributed by atoms with E-state index in [2.05, 4.69) is 0 Å². The van der Waals surface area contributed by atoms with Gasteiger partial charge in [0, 0.05) is 24.7 Å².